The van der Waals surface area contributed by atoms with Crippen molar-refractivity contribution in [2.45, 2.75) is 127 Å². The fourth-order valence-corrected chi connectivity index (χ4v) is 4.78. The summed E-state index contributed by atoms with van der Waals surface area (Å²) in [5.74, 6) is 1.45. The normalized spacial score (nSPS) is 11.5. The second-order valence-electron chi connectivity index (χ2n) is 12.3. The van der Waals surface area contributed by atoms with Gasteiger partial charge in [0.25, 0.3) is 0 Å². The standard InChI is InChI=1S/C19H15N3.C11H18.C8H18.C6H14/c1-12(2)16-10-19(21)22-18-8-7-15(9-17(16)18)14-5-3-13(11-20)4-6-14;1-5-8-11(9-6-2)10(4)7-3;1-4-6-7-8(3)5-2;1-3-5-6-4-2/h3-10H,1H2,2H3,(H2,21,22);5,7-8H,1,6,9H2,2-4H3;8H,4-7H2,1-3H3;3-6H2,1-2H3/b;10-7-,11-8-;;. The molecule has 0 radical (unpaired) electrons. The van der Waals surface area contributed by atoms with Crippen molar-refractivity contribution in [2.24, 2.45) is 5.92 Å². The summed E-state index contributed by atoms with van der Waals surface area (Å²) in [4.78, 5) is 4.37. The highest BCUT2D eigenvalue weighted by atomic mass is 14.8. The molecule has 1 aromatic heterocycles. The lowest BCUT2D eigenvalue weighted by Crippen LogP contribution is -1.94. The van der Waals surface area contributed by atoms with Crippen LogP contribution in [0.2, 0.25) is 0 Å². The number of nitrogens with two attached hydrogens (primary N) is 1. The van der Waals surface area contributed by atoms with E-state index in [4.69, 9.17) is 11.0 Å². The lowest BCUT2D eigenvalue weighted by Gasteiger charge is -2.10. The zero-order valence-electron chi connectivity index (χ0n) is 31.4. The minimum atomic E-state index is 0.497. The number of nitrogens with zero attached hydrogens (tertiary/aromatic N) is 2. The van der Waals surface area contributed by atoms with Crippen LogP contribution >= 0.6 is 0 Å². The van der Waals surface area contributed by atoms with E-state index in [0.717, 1.165) is 45.5 Å². The maximum absolute atomic E-state index is 8.88. The van der Waals surface area contributed by atoms with Crippen LogP contribution in [0.3, 0.4) is 0 Å². The Hall–Kier alpha value is -3.90. The molecule has 2 N–H and O–H groups in total. The molecule has 0 fully saturated rings. The molecule has 256 valence electrons. The van der Waals surface area contributed by atoms with E-state index in [1.54, 1.807) is 0 Å². The molecule has 3 nitrogen and oxygen atoms in total. The second kappa shape index (κ2) is 26.2. The van der Waals surface area contributed by atoms with E-state index >= 15 is 0 Å². The Morgan fingerprint density at radius 1 is 0.894 bits per heavy atom. The summed E-state index contributed by atoms with van der Waals surface area (Å²) in [6.07, 6.45) is 19.5. The van der Waals surface area contributed by atoms with Crippen molar-refractivity contribution in [1.29, 1.82) is 5.26 Å². The molecule has 0 bridgehead atoms. The van der Waals surface area contributed by atoms with E-state index in [1.165, 1.54) is 68.9 Å². The molecule has 0 saturated carbocycles. The molecule has 47 heavy (non-hydrogen) atoms. The van der Waals surface area contributed by atoms with E-state index in [0.29, 0.717) is 11.4 Å². The fourth-order valence-electron chi connectivity index (χ4n) is 4.78. The maximum atomic E-state index is 8.88. The maximum Gasteiger partial charge on any atom is 0.124 e. The fraction of sp³-hybridized carbons (Fsp3) is 0.455. The second-order valence-corrected chi connectivity index (χ2v) is 12.3. The highest BCUT2D eigenvalue weighted by Crippen LogP contribution is 2.30. The van der Waals surface area contributed by atoms with E-state index in [1.807, 2.05) is 55.5 Å². The molecular formula is C44H65N3. The van der Waals surface area contributed by atoms with Crippen LogP contribution in [0.4, 0.5) is 5.82 Å². The average Bonchev–Trinajstić information content (AvgIpc) is 3.09. The third-order valence-electron chi connectivity index (χ3n) is 8.12. The number of benzene rings is 2. The third kappa shape index (κ3) is 17.6. The minimum absolute atomic E-state index is 0.497. The number of anilines is 1. The summed E-state index contributed by atoms with van der Waals surface area (Å²) in [5.41, 5.74) is 14.2. The largest absolute Gasteiger partial charge is 0.384 e. The number of nitriles is 1. The zero-order chi connectivity index (χ0) is 35.6. The highest BCUT2D eigenvalue weighted by molar-refractivity contribution is 5.94. The number of allylic oxidation sites excluding steroid dienone is 6. The van der Waals surface area contributed by atoms with Crippen LogP contribution in [-0.2, 0) is 0 Å². The highest BCUT2D eigenvalue weighted by Gasteiger charge is 2.08. The van der Waals surface area contributed by atoms with Gasteiger partial charge in [-0.1, -0.05) is 160 Å². The average molecular weight is 636 g/mol. The summed E-state index contributed by atoms with van der Waals surface area (Å²) in [7, 11) is 0. The zero-order valence-corrected chi connectivity index (χ0v) is 31.4. The van der Waals surface area contributed by atoms with Crippen molar-refractivity contribution in [1.82, 2.24) is 4.98 Å². The number of nitrogen functional groups attached to an aromatic ring is 1. The first kappa shape index (κ1) is 43.1. The van der Waals surface area contributed by atoms with Gasteiger partial charge >= 0.3 is 0 Å². The lowest BCUT2D eigenvalue weighted by molar-refractivity contribution is 0.492. The smallest absolute Gasteiger partial charge is 0.124 e. The van der Waals surface area contributed by atoms with Gasteiger partial charge in [0.2, 0.25) is 0 Å². The van der Waals surface area contributed by atoms with Crippen molar-refractivity contribution < 1.29 is 0 Å². The van der Waals surface area contributed by atoms with Gasteiger partial charge in [0, 0.05) is 5.39 Å². The molecule has 1 unspecified atom stereocenters. The van der Waals surface area contributed by atoms with Gasteiger partial charge in [-0.15, -0.1) is 0 Å². The number of unbranched alkanes of at least 4 members (excludes halogenated alkanes) is 4. The van der Waals surface area contributed by atoms with Crippen LogP contribution in [0, 0.1) is 17.2 Å². The molecule has 1 atom stereocenters. The Balaban J connectivity index is 0.000000708. The predicted octanol–water partition coefficient (Wildman–Crippen LogP) is 14.1. The first-order valence-corrected chi connectivity index (χ1v) is 17.9. The molecule has 3 rings (SSSR count). The third-order valence-corrected chi connectivity index (χ3v) is 8.12. The van der Waals surface area contributed by atoms with Crippen molar-refractivity contribution in [3.8, 4) is 17.2 Å². The van der Waals surface area contributed by atoms with Crippen LogP contribution in [0.5, 0.6) is 0 Å². The lowest BCUT2D eigenvalue weighted by atomic mass is 9.98. The van der Waals surface area contributed by atoms with Crippen LogP contribution in [0.15, 0.2) is 91.1 Å². The van der Waals surface area contributed by atoms with Gasteiger partial charge in [-0.25, -0.2) is 4.98 Å². The molecule has 0 aliphatic heterocycles. The van der Waals surface area contributed by atoms with Crippen LogP contribution < -0.4 is 5.73 Å². The summed E-state index contributed by atoms with van der Waals surface area (Å²) >= 11 is 0. The van der Waals surface area contributed by atoms with E-state index in [2.05, 4.69) is 97.8 Å². The van der Waals surface area contributed by atoms with Gasteiger partial charge in [-0.3, -0.25) is 0 Å². The van der Waals surface area contributed by atoms with Crippen LogP contribution in [0.25, 0.3) is 27.6 Å². The van der Waals surface area contributed by atoms with Gasteiger partial charge < -0.3 is 5.73 Å². The number of hydrogen-bond donors (Lipinski definition) is 1. The van der Waals surface area contributed by atoms with Gasteiger partial charge in [-0.05, 0) is 85.7 Å². The van der Waals surface area contributed by atoms with Gasteiger partial charge in [0.05, 0.1) is 17.1 Å². The topological polar surface area (TPSA) is 62.7 Å². The minimum Gasteiger partial charge on any atom is -0.384 e. The Labute approximate surface area is 289 Å². The SMILES string of the molecule is C=C(C)c1cc(N)nc2ccc(-c3ccc(C#N)cc3)cc12.C=C/C=C(CCC)\C(C)=C/C.CCCCC(C)CC.CCCCCC. The number of pyridine rings is 1. The molecule has 3 aromatic rings. The Kier molecular flexibility index (Phi) is 24.0. The number of fused-ring (bicyclic) bond motifs is 1. The molecule has 0 aliphatic rings. The summed E-state index contributed by atoms with van der Waals surface area (Å²) in [5, 5.41) is 9.92. The molecule has 0 spiro atoms. The molecule has 0 amide bonds. The number of aromatic nitrogens is 1. The van der Waals surface area contributed by atoms with E-state index < -0.39 is 0 Å². The van der Waals surface area contributed by atoms with Crippen molar-refractivity contribution in [3.63, 3.8) is 0 Å². The van der Waals surface area contributed by atoms with E-state index in [-0.39, 0.29) is 0 Å². The quantitative estimate of drug-likeness (QED) is 0.150. The molecule has 2 aromatic carbocycles. The molecule has 1 heterocycles. The molecule has 0 saturated heterocycles. The van der Waals surface area contributed by atoms with Gasteiger partial charge in [0.1, 0.15) is 5.82 Å². The Morgan fingerprint density at radius 2 is 1.49 bits per heavy atom. The first-order chi connectivity index (χ1) is 22.6. The Morgan fingerprint density at radius 3 is 1.96 bits per heavy atom. The number of hydrogen-bond acceptors (Lipinski definition) is 3. The van der Waals surface area contributed by atoms with Crippen molar-refractivity contribution in [2.75, 3.05) is 5.73 Å². The van der Waals surface area contributed by atoms with E-state index in [9.17, 15) is 0 Å². The molecular weight excluding hydrogens is 571 g/mol. The Bertz CT molecular complexity index is 1410. The predicted molar refractivity (Wildman–Crippen MR) is 212 cm³/mol. The number of rotatable bonds is 13. The molecule has 3 heteroatoms. The molecule has 0 aliphatic carbocycles. The van der Waals surface area contributed by atoms with Crippen LogP contribution in [0.1, 0.15) is 138 Å². The summed E-state index contributed by atoms with van der Waals surface area (Å²) in [6, 6.07) is 17.6. The monoisotopic (exact) mass is 636 g/mol. The van der Waals surface area contributed by atoms with Crippen molar-refractivity contribution in [3.05, 3.63) is 102 Å². The summed E-state index contributed by atoms with van der Waals surface area (Å²) in [6.45, 7) is 27.4. The first-order valence-electron chi connectivity index (χ1n) is 17.9. The van der Waals surface area contributed by atoms with Crippen LogP contribution in [-0.4, -0.2) is 4.98 Å². The van der Waals surface area contributed by atoms with Gasteiger partial charge in [-0.2, -0.15) is 5.26 Å². The van der Waals surface area contributed by atoms with Gasteiger partial charge in [0.15, 0.2) is 0 Å². The summed E-state index contributed by atoms with van der Waals surface area (Å²) < 4.78 is 0. The van der Waals surface area contributed by atoms with Crippen molar-refractivity contribution >= 4 is 22.3 Å².